The SMILES string of the molecule is CC1C(=O)N(C)Cc2ocnc21. The lowest BCUT2D eigenvalue weighted by molar-refractivity contribution is -0.132. The summed E-state index contributed by atoms with van der Waals surface area (Å²) in [7, 11) is 1.77. The molecule has 0 saturated carbocycles. The van der Waals surface area contributed by atoms with Gasteiger partial charge in [0.1, 0.15) is 5.76 Å². The number of carbonyl (C=O) groups is 1. The monoisotopic (exact) mass is 166 g/mol. The van der Waals surface area contributed by atoms with Gasteiger partial charge in [-0.05, 0) is 6.92 Å². The van der Waals surface area contributed by atoms with Crippen molar-refractivity contribution in [3.8, 4) is 0 Å². The number of nitrogens with zero attached hydrogens (tertiary/aromatic N) is 2. The Morgan fingerprint density at radius 3 is 3.25 bits per heavy atom. The van der Waals surface area contributed by atoms with E-state index in [0.717, 1.165) is 11.5 Å². The maximum atomic E-state index is 11.4. The molecule has 0 aromatic carbocycles. The molecule has 1 unspecified atom stereocenters. The van der Waals surface area contributed by atoms with Crippen LogP contribution in [-0.2, 0) is 11.3 Å². The van der Waals surface area contributed by atoms with E-state index in [1.807, 2.05) is 6.92 Å². The summed E-state index contributed by atoms with van der Waals surface area (Å²) in [5.74, 6) is 0.763. The van der Waals surface area contributed by atoms with Crippen molar-refractivity contribution in [3.05, 3.63) is 17.8 Å². The fourth-order valence-electron chi connectivity index (χ4n) is 1.49. The fraction of sp³-hybridized carbons (Fsp3) is 0.500. The zero-order chi connectivity index (χ0) is 8.72. The lowest BCUT2D eigenvalue weighted by atomic mass is 10.0. The van der Waals surface area contributed by atoms with E-state index < -0.39 is 0 Å². The standard InChI is InChI=1S/C8H10N2O2/c1-5-7-6(12-4-9-7)3-10(2)8(5)11/h4-5H,3H2,1-2H3. The third kappa shape index (κ3) is 0.841. The van der Waals surface area contributed by atoms with Crippen molar-refractivity contribution < 1.29 is 9.21 Å². The molecule has 2 heterocycles. The predicted octanol–water partition coefficient (Wildman–Crippen LogP) is 0.750. The molecule has 0 aliphatic carbocycles. The Morgan fingerprint density at radius 2 is 2.50 bits per heavy atom. The zero-order valence-electron chi connectivity index (χ0n) is 7.07. The third-order valence-corrected chi connectivity index (χ3v) is 2.21. The van der Waals surface area contributed by atoms with Gasteiger partial charge in [-0.15, -0.1) is 0 Å². The molecule has 0 radical (unpaired) electrons. The molecule has 1 aromatic heterocycles. The van der Waals surface area contributed by atoms with E-state index in [4.69, 9.17) is 4.42 Å². The molecular weight excluding hydrogens is 156 g/mol. The number of hydrogen-bond donors (Lipinski definition) is 0. The van der Waals surface area contributed by atoms with Gasteiger partial charge in [0, 0.05) is 7.05 Å². The zero-order valence-corrected chi connectivity index (χ0v) is 7.07. The Balaban J connectivity index is 2.45. The van der Waals surface area contributed by atoms with Crippen LogP contribution in [0.3, 0.4) is 0 Å². The van der Waals surface area contributed by atoms with E-state index in [1.54, 1.807) is 11.9 Å². The molecule has 2 rings (SSSR count). The second-order valence-corrected chi connectivity index (χ2v) is 3.08. The predicted molar refractivity (Wildman–Crippen MR) is 41.4 cm³/mol. The van der Waals surface area contributed by atoms with Crippen LogP contribution in [0.4, 0.5) is 0 Å². The van der Waals surface area contributed by atoms with Gasteiger partial charge < -0.3 is 9.32 Å². The molecule has 4 heteroatoms. The van der Waals surface area contributed by atoms with E-state index in [2.05, 4.69) is 4.98 Å². The highest BCUT2D eigenvalue weighted by Crippen LogP contribution is 2.26. The fourth-order valence-corrected chi connectivity index (χ4v) is 1.49. The summed E-state index contributed by atoms with van der Waals surface area (Å²) in [6, 6.07) is 0. The van der Waals surface area contributed by atoms with Crippen LogP contribution in [0.5, 0.6) is 0 Å². The highest BCUT2D eigenvalue weighted by Gasteiger charge is 2.30. The molecular formula is C8H10N2O2. The largest absolute Gasteiger partial charge is 0.446 e. The van der Waals surface area contributed by atoms with Gasteiger partial charge in [-0.25, -0.2) is 4.98 Å². The van der Waals surface area contributed by atoms with Gasteiger partial charge in [0.05, 0.1) is 18.2 Å². The van der Waals surface area contributed by atoms with Gasteiger partial charge in [0.25, 0.3) is 0 Å². The number of oxazole rings is 1. The minimum atomic E-state index is -0.155. The first-order valence-corrected chi connectivity index (χ1v) is 3.87. The van der Waals surface area contributed by atoms with Crippen molar-refractivity contribution in [3.63, 3.8) is 0 Å². The second-order valence-electron chi connectivity index (χ2n) is 3.08. The molecule has 1 aromatic rings. The topological polar surface area (TPSA) is 46.3 Å². The summed E-state index contributed by atoms with van der Waals surface area (Å²) < 4.78 is 5.14. The van der Waals surface area contributed by atoms with E-state index in [1.165, 1.54) is 6.39 Å². The molecule has 1 aliphatic rings. The van der Waals surface area contributed by atoms with Gasteiger partial charge in [-0.1, -0.05) is 0 Å². The molecule has 0 saturated heterocycles. The lowest BCUT2D eigenvalue weighted by Gasteiger charge is -2.24. The number of aromatic nitrogens is 1. The van der Waals surface area contributed by atoms with E-state index in [9.17, 15) is 4.79 Å². The lowest BCUT2D eigenvalue weighted by Crippen LogP contribution is -2.34. The van der Waals surface area contributed by atoms with Crippen molar-refractivity contribution in [2.24, 2.45) is 0 Å². The molecule has 0 fully saturated rings. The maximum Gasteiger partial charge on any atom is 0.231 e. The molecule has 0 spiro atoms. The summed E-state index contributed by atoms with van der Waals surface area (Å²) in [6.45, 7) is 2.39. The second kappa shape index (κ2) is 2.33. The van der Waals surface area contributed by atoms with Crippen molar-refractivity contribution in [1.82, 2.24) is 9.88 Å². The molecule has 1 atom stereocenters. The van der Waals surface area contributed by atoms with Crippen LogP contribution in [0.15, 0.2) is 10.8 Å². The summed E-state index contributed by atoms with van der Waals surface area (Å²) >= 11 is 0. The van der Waals surface area contributed by atoms with Crippen molar-refractivity contribution in [1.29, 1.82) is 0 Å². The normalized spacial score (nSPS) is 22.7. The van der Waals surface area contributed by atoms with E-state index in [-0.39, 0.29) is 11.8 Å². The van der Waals surface area contributed by atoms with Crippen molar-refractivity contribution in [2.45, 2.75) is 19.4 Å². The van der Waals surface area contributed by atoms with Crippen molar-refractivity contribution in [2.75, 3.05) is 7.05 Å². The molecule has 64 valence electrons. The summed E-state index contributed by atoms with van der Waals surface area (Å²) in [5.41, 5.74) is 0.790. The summed E-state index contributed by atoms with van der Waals surface area (Å²) in [6.07, 6.45) is 1.40. The van der Waals surface area contributed by atoms with Crippen LogP contribution in [0, 0.1) is 0 Å². The Bertz CT molecular complexity index is 319. The number of likely N-dealkylation sites (N-methyl/N-ethyl adjacent to an activating group) is 1. The van der Waals surface area contributed by atoms with Crippen LogP contribution in [0.25, 0.3) is 0 Å². The number of fused-ring (bicyclic) bond motifs is 1. The number of rotatable bonds is 0. The van der Waals surface area contributed by atoms with Gasteiger partial charge in [-0.3, -0.25) is 4.79 Å². The van der Waals surface area contributed by atoms with Crippen LogP contribution >= 0.6 is 0 Å². The van der Waals surface area contributed by atoms with Gasteiger partial charge in [0.2, 0.25) is 5.91 Å². The van der Waals surface area contributed by atoms with Gasteiger partial charge >= 0.3 is 0 Å². The molecule has 1 amide bonds. The van der Waals surface area contributed by atoms with Crippen LogP contribution in [0.2, 0.25) is 0 Å². The summed E-state index contributed by atoms with van der Waals surface area (Å²) in [4.78, 5) is 17.1. The first kappa shape index (κ1) is 7.34. The highest BCUT2D eigenvalue weighted by molar-refractivity contribution is 5.84. The molecule has 0 N–H and O–H groups in total. The Labute approximate surface area is 70.2 Å². The number of carbonyl (C=O) groups excluding carboxylic acids is 1. The van der Waals surface area contributed by atoms with Crippen LogP contribution in [0.1, 0.15) is 24.3 Å². The third-order valence-electron chi connectivity index (χ3n) is 2.21. The maximum absolute atomic E-state index is 11.4. The van der Waals surface area contributed by atoms with Crippen molar-refractivity contribution >= 4 is 5.91 Å². The Morgan fingerprint density at radius 1 is 1.75 bits per heavy atom. The van der Waals surface area contributed by atoms with Gasteiger partial charge in [-0.2, -0.15) is 0 Å². The minimum absolute atomic E-state index is 0.108. The van der Waals surface area contributed by atoms with Gasteiger partial charge in [0.15, 0.2) is 6.39 Å². The number of amides is 1. The number of hydrogen-bond acceptors (Lipinski definition) is 3. The molecule has 12 heavy (non-hydrogen) atoms. The first-order chi connectivity index (χ1) is 5.70. The Kier molecular flexibility index (Phi) is 1.43. The van der Waals surface area contributed by atoms with Crippen LogP contribution < -0.4 is 0 Å². The molecule has 0 bridgehead atoms. The van der Waals surface area contributed by atoms with E-state index >= 15 is 0 Å². The average Bonchev–Trinajstić information content (AvgIpc) is 2.48. The Hall–Kier alpha value is -1.32. The summed E-state index contributed by atoms with van der Waals surface area (Å²) in [5, 5.41) is 0. The van der Waals surface area contributed by atoms with Crippen LogP contribution in [-0.4, -0.2) is 22.8 Å². The highest BCUT2D eigenvalue weighted by atomic mass is 16.3. The molecule has 1 aliphatic heterocycles. The average molecular weight is 166 g/mol. The quantitative estimate of drug-likeness (QED) is 0.571. The van der Waals surface area contributed by atoms with E-state index in [0.29, 0.717) is 6.54 Å². The molecule has 4 nitrogen and oxygen atoms in total. The first-order valence-electron chi connectivity index (χ1n) is 3.87. The smallest absolute Gasteiger partial charge is 0.231 e. The minimum Gasteiger partial charge on any atom is -0.446 e.